The Morgan fingerprint density at radius 2 is 1.90 bits per heavy atom. The topological polar surface area (TPSA) is 17.1 Å². The van der Waals surface area contributed by atoms with Gasteiger partial charge >= 0.3 is 0 Å². The summed E-state index contributed by atoms with van der Waals surface area (Å²) in [5.74, 6) is 0.294. The summed E-state index contributed by atoms with van der Waals surface area (Å²) in [6, 6.07) is 12.2. The second kappa shape index (κ2) is 6.33. The molecule has 0 aromatic heterocycles. The van der Waals surface area contributed by atoms with E-state index in [2.05, 4.69) is 34.1 Å². The normalized spacial score (nSPS) is 14.1. The van der Waals surface area contributed by atoms with Crippen molar-refractivity contribution in [1.82, 2.24) is 0 Å². The van der Waals surface area contributed by atoms with Crippen LogP contribution in [0.15, 0.2) is 40.9 Å². The molecule has 0 spiro atoms. The fraction of sp³-hybridized carbons (Fsp3) is 0.278. The van der Waals surface area contributed by atoms with E-state index in [1.165, 1.54) is 16.7 Å². The lowest BCUT2D eigenvalue weighted by Gasteiger charge is -2.15. The lowest BCUT2D eigenvalue weighted by atomic mass is 9.88. The zero-order valence-corrected chi connectivity index (χ0v) is 14.0. The number of rotatable bonds is 3. The highest BCUT2D eigenvalue weighted by molar-refractivity contribution is 9.10. The molecule has 0 radical (unpaired) electrons. The third-order valence-corrected chi connectivity index (χ3v) is 5.02. The number of carbonyl (C=O) groups excluding carboxylic acids is 1. The first-order valence-corrected chi connectivity index (χ1v) is 8.39. The molecule has 1 nitrogen and oxygen atoms in total. The molecule has 0 N–H and O–H groups in total. The summed E-state index contributed by atoms with van der Waals surface area (Å²) in [4.78, 5) is 12.0. The maximum atomic E-state index is 12.0. The Morgan fingerprint density at radius 3 is 2.76 bits per heavy atom. The molecule has 0 saturated heterocycles. The zero-order chi connectivity index (χ0) is 14.8. The van der Waals surface area contributed by atoms with Gasteiger partial charge in [-0.2, -0.15) is 0 Å². The molecule has 0 heterocycles. The monoisotopic (exact) mass is 362 g/mol. The van der Waals surface area contributed by atoms with Gasteiger partial charge in [0.25, 0.3) is 0 Å². The molecule has 21 heavy (non-hydrogen) atoms. The standard InChI is InChI=1S/C18H16BrClO/c19-17-9-8-15(20)11-14(17)7-5-12-4-6-13-2-1-3-18(21)16(13)10-12/h4,6,8-11H,1-3,5,7H2. The molecular weight excluding hydrogens is 348 g/mol. The Bertz CT molecular complexity index is 694. The van der Waals surface area contributed by atoms with Crippen LogP contribution in [0.25, 0.3) is 0 Å². The lowest BCUT2D eigenvalue weighted by Crippen LogP contribution is -2.11. The minimum atomic E-state index is 0.294. The fourth-order valence-electron chi connectivity index (χ4n) is 2.84. The molecule has 1 aliphatic rings. The first-order valence-electron chi connectivity index (χ1n) is 7.22. The van der Waals surface area contributed by atoms with Crippen molar-refractivity contribution in [2.45, 2.75) is 32.1 Å². The smallest absolute Gasteiger partial charge is 0.163 e. The Hall–Kier alpha value is -1.12. The van der Waals surface area contributed by atoms with Crippen molar-refractivity contribution < 1.29 is 4.79 Å². The first kappa shape index (κ1) is 14.8. The Kier molecular flexibility index (Phi) is 4.46. The van der Waals surface area contributed by atoms with Crippen molar-refractivity contribution in [2.75, 3.05) is 0 Å². The summed E-state index contributed by atoms with van der Waals surface area (Å²) < 4.78 is 1.08. The highest BCUT2D eigenvalue weighted by atomic mass is 79.9. The highest BCUT2D eigenvalue weighted by Crippen LogP contribution is 2.25. The fourth-order valence-corrected chi connectivity index (χ4v) is 3.48. The third kappa shape index (κ3) is 3.38. The molecule has 1 aliphatic carbocycles. The Labute approximate surface area is 138 Å². The highest BCUT2D eigenvalue weighted by Gasteiger charge is 2.17. The molecule has 0 amide bonds. The maximum Gasteiger partial charge on any atom is 0.163 e. The van der Waals surface area contributed by atoms with Crippen LogP contribution >= 0.6 is 27.5 Å². The number of Topliss-reactive ketones (excluding diaryl/α,β-unsaturated/α-hetero) is 1. The number of fused-ring (bicyclic) bond motifs is 1. The van der Waals surface area contributed by atoms with Gasteiger partial charge in [0.1, 0.15) is 0 Å². The van der Waals surface area contributed by atoms with E-state index in [1.807, 2.05) is 18.2 Å². The molecule has 2 aromatic rings. The van der Waals surface area contributed by atoms with E-state index >= 15 is 0 Å². The van der Waals surface area contributed by atoms with Gasteiger partial charge in [-0.1, -0.05) is 39.7 Å². The van der Waals surface area contributed by atoms with Gasteiger partial charge in [-0.15, -0.1) is 0 Å². The predicted octanol–water partition coefficient (Wildman–Crippen LogP) is 5.41. The minimum Gasteiger partial charge on any atom is -0.294 e. The molecule has 3 heteroatoms. The van der Waals surface area contributed by atoms with E-state index < -0.39 is 0 Å². The number of hydrogen-bond donors (Lipinski definition) is 0. The van der Waals surface area contributed by atoms with Crippen LogP contribution in [0.3, 0.4) is 0 Å². The summed E-state index contributed by atoms with van der Waals surface area (Å²) in [5, 5.41) is 0.758. The van der Waals surface area contributed by atoms with Crippen molar-refractivity contribution >= 4 is 33.3 Å². The average molecular weight is 364 g/mol. The summed E-state index contributed by atoms with van der Waals surface area (Å²) >= 11 is 9.61. The van der Waals surface area contributed by atoms with Crippen LogP contribution < -0.4 is 0 Å². The minimum absolute atomic E-state index is 0.294. The van der Waals surface area contributed by atoms with Crippen LogP contribution in [0, 0.1) is 0 Å². The van der Waals surface area contributed by atoms with Gasteiger partial charge in [0.15, 0.2) is 5.78 Å². The molecule has 108 valence electrons. The molecule has 0 unspecified atom stereocenters. The first-order chi connectivity index (χ1) is 10.1. The predicted molar refractivity (Wildman–Crippen MR) is 90.3 cm³/mol. The van der Waals surface area contributed by atoms with Crippen LogP contribution in [-0.2, 0) is 19.3 Å². The van der Waals surface area contributed by atoms with Crippen LogP contribution in [-0.4, -0.2) is 5.78 Å². The van der Waals surface area contributed by atoms with Gasteiger partial charge in [0.2, 0.25) is 0 Å². The molecule has 0 aliphatic heterocycles. The SMILES string of the molecule is O=C1CCCc2ccc(CCc3cc(Cl)ccc3Br)cc21. The molecule has 0 bridgehead atoms. The summed E-state index contributed by atoms with van der Waals surface area (Å²) in [6.45, 7) is 0. The van der Waals surface area contributed by atoms with E-state index in [-0.39, 0.29) is 0 Å². The van der Waals surface area contributed by atoms with Gasteiger partial charge in [-0.05, 0) is 66.6 Å². The molecule has 0 atom stereocenters. The number of benzene rings is 2. The van der Waals surface area contributed by atoms with Gasteiger partial charge < -0.3 is 0 Å². The quantitative estimate of drug-likeness (QED) is 0.713. The van der Waals surface area contributed by atoms with Crippen LogP contribution in [0.5, 0.6) is 0 Å². The summed E-state index contributed by atoms with van der Waals surface area (Å²) in [6.07, 6.45) is 4.53. The van der Waals surface area contributed by atoms with Crippen molar-refractivity contribution in [2.24, 2.45) is 0 Å². The number of halogens is 2. The number of aryl methyl sites for hydroxylation is 3. The lowest BCUT2D eigenvalue weighted by molar-refractivity contribution is 0.0972. The van der Waals surface area contributed by atoms with Crippen LogP contribution in [0.2, 0.25) is 5.02 Å². The second-order valence-corrected chi connectivity index (χ2v) is 6.79. The van der Waals surface area contributed by atoms with E-state index in [0.29, 0.717) is 12.2 Å². The van der Waals surface area contributed by atoms with Gasteiger partial charge in [-0.3, -0.25) is 4.79 Å². The van der Waals surface area contributed by atoms with Gasteiger partial charge in [0.05, 0.1) is 0 Å². The number of hydrogen-bond acceptors (Lipinski definition) is 1. The Morgan fingerprint density at radius 1 is 1.05 bits per heavy atom. The molecular formula is C18H16BrClO. The van der Waals surface area contributed by atoms with Crippen molar-refractivity contribution in [3.63, 3.8) is 0 Å². The largest absolute Gasteiger partial charge is 0.294 e. The van der Waals surface area contributed by atoms with Crippen LogP contribution in [0.1, 0.15) is 39.9 Å². The Balaban J connectivity index is 1.78. The van der Waals surface area contributed by atoms with Crippen molar-refractivity contribution in [3.8, 4) is 0 Å². The van der Waals surface area contributed by atoms with E-state index in [4.69, 9.17) is 11.6 Å². The number of ketones is 1. The zero-order valence-electron chi connectivity index (χ0n) is 11.7. The molecule has 0 fully saturated rings. The van der Waals surface area contributed by atoms with E-state index in [0.717, 1.165) is 40.7 Å². The molecule has 0 saturated carbocycles. The average Bonchev–Trinajstić information content (AvgIpc) is 2.49. The van der Waals surface area contributed by atoms with Gasteiger partial charge in [0, 0.05) is 21.5 Å². The maximum absolute atomic E-state index is 12.0. The summed E-state index contributed by atoms with van der Waals surface area (Å²) in [5.41, 5.74) is 4.56. The number of carbonyl (C=O) groups is 1. The molecule has 2 aromatic carbocycles. The molecule has 3 rings (SSSR count). The summed E-state index contributed by atoms with van der Waals surface area (Å²) in [7, 11) is 0. The third-order valence-electron chi connectivity index (χ3n) is 4.02. The van der Waals surface area contributed by atoms with Crippen LogP contribution in [0.4, 0.5) is 0 Å². The van der Waals surface area contributed by atoms with Crippen molar-refractivity contribution in [1.29, 1.82) is 0 Å². The second-order valence-electron chi connectivity index (χ2n) is 5.50. The van der Waals surface area contributed by atoms with E-state index in [9.17, 15) is 4.79 Å². The van der Waals surface area contributed by atoms with Crippen molar-refractivity contribution in [3.05, 3.63) is 68.1 Å². The van der Waals surface area contributed by atoms with E-state index in [1.54, 1.807) is 0 Å². The van der Waals surface area contributed by atoms with Gasteiger partial charge in [-0.25, -0.2) is 0 Å².